The number of anilines is 1. The van der Waals surface area contributed by atoms with Crippen LogP contribution in [0.25, 0.3) is 6.08 Å². The Morgan fingerprint density at radius 2 is 1.73 bits per heavy atom. The number of hydrogen-bond acceptors (Lipinski definition) is 5. The van der Waals surface area contributed by atoms with Gasteiger partial charge in [-0.1, -0.05) is 54.6 Å². The molecule has 0 aromatic heterocycles. The highest BCUT2D eigenvalue weighted by atomic mass is 32.2. The van der Waals surface area contributed by atoms with Gasteiger partial charge in [-0.15, -0.1) is 0 Å². The fraction of sp³-hybridized carbons (Fsp3) is 0.0909. The molecule has 30 heavy (non-hydrogen) atoms. The number of allylic oxidation sites excluding steroid dienone is 2. The molecule has 2 aromatic carbocycles. The first kappa shape index (κ1) is 21.1. The van der Waals surface area contributed by atoms with Gasteiger partial charge in [0.05, 0.1) is 16.2 Å². The first-order valence-corrected chi connectivity index (χ1v) is 9.76. The molecular weight excluding hydrogens is 404 g/mol. The Morgan fingerprint density at radius 1 is 1.07 bits per heavy atom. The van der Waals surface area contributed by atoms with Gasteiger partial charge in [-0.2, -0.15) is 0 Å². The van der Waals surface area contributed by atoms with Crippen molar-refractivity contribution in [1.29, 1.82) is 0 Å². The largest absolute Gasteiger partial charge is 0.478 e. The lowest BCUT2D eigenvalue weighted by molar-refractivity contribution is -0.128. The Bertz CT molecular complexity index is 1060. The normalized spacial score (nSPS) is 15.2. The molecule has 2 aromatic rings. The van der Waals surface area contributed by atoms with Crippen LogP contribution in [-0.4, -0.2) is 46.6 Å². The zero-order chi connectivity index (χ0) is 21.7. The van der Waals surface area contributed by atoms with E-state index >= 15 is 0 Å². The number of likely N-dealkylation sites (N-methyl/N-ethyl adjacent to an activating group) is 1. The van der Waals surface area contributed by atoms with Gasteiger partial charge in [-0.25, -0.2) is 4.79 Å². The van der Waals surface area contributed by atoms with E-state index in [0.29, 0.717) is 0 Å². The maximum Gasteiger partial charge on any atom is 0.337 e. The monoisotopic (exact) mass is 422 g/mol. The van der Waals surface area contributed by atoms with E-state index in [1.807, 2.05) is 30.3 Å². The average Bonchev–Trinajstić information content (AvgIpc) is 3.01. The summed E-state index contributed by atoms with van der Waals surface area (Å²) in [7, 11) is 1.40. The maximum absolute atomic E-state index is 12.6. The fourth-order valence-corrected chi connectivity index (χ4v) is 3.57. The number of benzene rings is 2. The van der Waals surface area contributed by atoms with Crippen LogP contribution in [0.3, 0.4) is 0 Å². The fourth-order valence-electron chi connectivity index (χ4n) is 2.78. The number of rotatable bonds is 6. The molecule has 1 heterocycles. The number of carbonyl (C=O) groups is 4. The predicted octanol–water partition coefficient (Wildman–Crippen LogP) is 3.64. The minimum atomic E-state index is -1.18. The topological polar surface area (TPSA) is 95.0 Å². The number of carbonyl (C=O) groups excluding carboxylic acids is 3. The molecule has 7 nitrogen and oxygen atoms in total. The quantitative estimate of drug-likeness (QED) is 0.714. The number of nitrogens with zero attached hydrogens (tertiary/aromatic N) is 2. The van der Waals surface area contributed by atoms with E-state index in [-0.39, 0.29) is 16.2 Å². The van der Waals surface area contributed by atoms with Crippen molar-refractivity contribution in [2.75, 3.05) is 18.5 Å². The molecule has 1 fully saturated rings. The molecule has 0 spiro atoms. The van der Waals surface area contributed by atoms with Crippen LogP contribution in [0, 0.1) is 0 Å². The van der Waals surface area contributed by atoms with Crippen LogP contribution < -0.4 is 4.90 Å². The van der Waals surface area contributed by atoms with Crippen molar-refractivity contribution in [3.63, 3.8) is 0 Å². The van der Waals surface area contributed by atoms with Gasteiger partial charge in [-0.3, -0.25) is 19.3 Å². The molecule has 0 unspecified atom stereocenters. The van der Waals surface area contributed by atoms with Crippen molar-refractivity contribution in [2.24, 2.45) is 0 Å². The van der Waals surface area contributed by atoms with Gasteiger partial charge in [-0.05, 0) is 35.5 Å². The zero-order valence-corrected chi connectivity index (χ0v) is 16.8. The average molecular weight is 422 g/mol. The first-order valence-electron chi connectivity index (χ1n) is 8.94. The van der Waals surface area contributed by atoms with E-state index in [1.54, 1.807) is 24.3 Å². The molecule has 3 rings (SSSR count). The molecule has 1 N–H and O–H groups in total. The Balaban J connectivity index is 1.71. The summed E-state index contributed by atoms with van der Waals surface area (Å²) in [5, 5.41) is 8.74. The van der Waals surface area contributed by atoms with Crippen LogP contribution in [0.4, 0.5) is 10.5 Å². The minimum Gasteiger partial charge on any atom is -0.478 e. The van der Waals surface area contributed by atoms with E-state index in [2.05, 4.69) is 0 Å². The Labute approximate surface area is 177 Å². The molecule has 0 atom stereocenters. The third-order valence-corrected chi connectivity index (χ3v) is 5.30. The van der Waals surface area contributed by atoms with E-state index in [4.69, 9.17) is 0 Å². The van der Waals surface area contributed by atoms with Crippen LogP contribution >= 0.6 is 11.8 Å². The molecule has 0 radical (unpaired) electrons. The number of carboxylic acid groups (broad SMARTS) is 1. The molecule has 0 bridgehead atoms. The van der Waals surface area contributed by atoms with Crippen LogP contribution in [-0.2, 0) is 9.59 Å². The predicted molar refractivity (Wildman–Crippen MR) is 115 cm³/mol. The molecule has 1 saturated heterocycles. The van der Waals surface area contributed by atoms with Crippen LogP contribution in [0.15, 0.2) is 71.7 Å². The number of amides is 3. The molecule has 0 saturated carbocycles. The third kappa shape index (κ3) is 4.66. The van der Waals surface area contributed by atoms with Crippen molar-refractivity contribution in [1.82, 2.24) is 4.90 Å². The molecule has 152 valence electrons. The van der Waals surface area contributed by atoms with E-state index in [9.17, 15) is 24.3 Å². The van der Waals surface area contributed by atoms with Gasteiger partial charge in [0, 0.05) is 7.05 Å². The number of hydrogen-bond donors (Lipinski definition) is 1. The van der Waals surface area contributed by atoms with Crippen molar-refractivity contribution in [3.05, 3.63) is 82.8 Å². The molecule has 0 aliphatic carbocycles. The molecule has 8 heteroatoms. The van der Waals surface area contributed by atoms with Crippen molar-refractivity contribution in [3.8, 4) is 0 Å². The lowest BCUT2D eigenvalue weighted by Crippen LogP contribution is -2.41. The standard InChI is InChI=1S/C22H18N2O5S/c1-23(17-12-6-5-11-16(17)21(27)28)19(25)14-24-20(26)18(30-22(24)29)13-7-10-15-8-3-2-4-9-15/h2-13H,14H2,1H3,(H,27,28)/b10-7+,18-13-. The maximum atomic E-state index is 12.6. The van der Waals surface area contributed by atoms with E-state index in [1.165, 1.54) is 25.3 Å². The highest BCUT2D eigenvalue weighted by molar-refractivity contribution is 8.18. The Hall–Kier alpha value is -3.65. The highest BCUT2D eigenvalue weighted by Crippen LogP contribution is 2.31. The summed E-state index contributed by atoms with van der Waals surface area (Å²) in [5.74, 6) is -2.31. The second-order valence-corrected chi connectivity index (χ2v) is 7.33. The molecule has 3 amide bonds. The zero-order valence-electron chi connectivity index (χ0n) is 16.0. The van der Waals surface area contributed by atoms with E-state index in [0.717, 1.165) is 27.1 Å². The summed E-state index contributed by atoms with van der Waals surface area (Å²) in [6.07, 6.45) is 5.00. The molecule has 1 aliphatic heterocycles. The van der Waals surface area contributed by atoms with Crippen LogP contribution in [0.5, 0.6) is 0 Å². The molecule has 1 aliphatic rings. The summed E-state index contributed by atoms with van der Waals surface area (Å²) in [6.45, 7) is -0.477. The Kier molecular flexibility index (Phi) is 6.48. The lowest BCUT2D eigenvalue weighted by Gasteiger charge is -2.21. The van der Waals surface area contributed by atoms with Gasteiger partial charge in [0.15, 0.2) is 0 Å². The van der Waals surface area contributed by atoms with Gasteiger partial charge in [0.1, 0.15) is 6.54 Å². The van der Waals surface area contributed by atoms with Crippen molar-refractivity contribution in [2.45, 2.75) is 0 Å². The summed E-state index contributed by atoms with van der Waals surface area (Å²) >= 11 is 0.757. The van der Waals surface area contributed by atoms with Gasteiger partial charge in [0.2, 0.25) is 5.91 Å². The second-order valence-electron chi connectivity index (χ2n) is 6.34. The van der Waals surface area contributed by atoms with Gasteiger partial charge >= 0.3 is 5.97 Å². The summed E-state index contributed by atoms with van der Waals surface area (Å²) in [6, 6.07) is 15.5. The number of carboxylic acids is 1. The number of imide groups is 1. The number of aromatic carboxylic acids is 1. The first-order chi connectivity index (χ1) is 14.4. The van der Waals surface area contributed by atoms with Gasteiger partial charge in [0.25, 0.3) is 11.1 Å². The second kappa shape index (κ2) is 9.23. The van der Waals surface area contributed by atoms with Crippen molar-refractivity contribution >= 4 is 46.5 Å². The number of para-hydroxylation sites is 1. The van der Waals surface area contributed by atoms with E-state index < -0.39 is 29.6 Å². The summed E-state index contributed by atoms with van der Waals surface area (Å²) < 4.78 is 0. The minimum absolute atomic E-state index is 0.0477. The third-order valence-electron chi connectivity index (χ3n) is 4.37. The highest BCUT2D eigenvalue weighted by Gasteiger charge is 2.36. The van der Waals surface area contributed by atoms with Crippen LogP contribution in [0.2, 0.25) is 0 Å². The Morgan fingerprint density at radius 3 is 2.43 bits per heavy atom. The lowest BCUT2D eigenvalue weighted by atomic mass is 10.1. The van der Waals surface area contributed by atoms with Crippen LogP contribution in [0.1, 0.15) is 15.9 Å². The smallest absolute Gasteiger partial charge is 0.337 e. The van der Waals surface area contributed by atoms with Crippen molar-refractivity contribution < 1.29 is 24.3 Å². The summed E-state index contributed by atoms with van der Waals surface area (Å²) in [5.41, 5.74) is 1.08. The molecular formula is C22H18N2O5S. The number of thioether (sulfide) groups is 1. The van der Waals surface area contributed by atoms with Gasteiger partial charge < -0.3 is 10.0 Å². The summed E-state index contributed by atoms with van der Waals surface area (Å²) in [4.78, 5) is 51.0. The SMILES string of the molecule is CN(C(=O)CN1C(=O)S/C(=C\C=C\c2ccccc2)C1=O)c1ccccc1C(=O)O.